The molecule has 4 heteroatoms. The number of rotatable bonds is 4. The molecule has 0 amide bonds. The first-order valence-corrected chi connectivity index (χ1v) is 6.18. The molecular weight excluding hydrogens is 202 g/mol. The summed E-state index contributed by atoms with van der Waals surface area (Å²) in [5.74, 6) is 1.00. The Hall–Kier alpha value is -0.870. The highest BCUT2D eigenvalue weighted by molar-refractivity contribution is 5.14. The van der Waals surface area contributed by atoms with Crippen molar-refractivity contribution in [3.05, 3.63) is 17.2 Å². The highest BCUT2D eigenvalue weighted by Gasteiger charge is 2.20. The van der Waals surface area contributed by atoms with Gasteiger partial charge in [0.15, 0.2) is 0 Å². The van der Waals surface area contributed by atoms with E-state index >= 15 is 0 Å². The molecule has 0 saturated carbocycles. The van der Waals surface area contributed by atoms with Crippen LogP contribution in [0.15, 0.2) is 0 Å². The zero-order chi connectivity index (χ0) is 11.4. The minimum atomic E-state index is 0.180. The van der Waals surface area contributed by atoms with Crippen LogP contribution < -0.4 is 5.73 Å². The van der Waals surface area contributed by atoms with Crippen LogP contribution in [0, 0.1) is 6.92 Å². The number of aryl methyl sites for hydroxylation is 2. The molecule has 0 aliphatic carbocycles. The Bertz CT molecular complexity index is 329. The number of ether oxygens (including phenoxy) is 1. The van der Waals surface area contributed by atoms with Gasteiger partial charge in [0.25, 0.3) is 0 Å². The lowest BCUT2D eigenvalue weighted by Gasteiger charge is -2.20. The van der Waals surface area contributed by atoms with E-state index in [1.807, 2.05) is 0 Å². The summed E-state index contributed by atoms with van der Waals surface area (Å²) >= 11 is 0. The van der Waals surface area contributed by atoms with E-state index in [0.29, 0.717) is 0 Å². The van der Waals surface area contributed by atoms with Crippen molar-refractivity contribution in [2.45, 2.75) is 45.1 Å². The van der Waals surface area contributed by atoms with E-state index in [2.05, 4.69) is 16.9 Å². The predicted octanol–water partition coefficient (Wildman–Crippen LogP) is 1.85. The van der Waals surface area contributed by atoms with Crippen LogP contribution in [0.25, 0.3) is 0 Å². The lowest BCUT2D eigenvalue weighted by molar-refractivity contribution is 0.00985. The molecule has 1 aliphatic heterocycles. The van der Waals surface area contributed by atoms with Gasteiger partial charge >= 0.3 is 0 Å². The molecule has 1 atom stereocenters. The average Bonchev–Trinajstić information content (AvgIpc) is 2.69. The van der Waals surface area contributed by atoms with E-state index in [0.717, 1.165) is 49.6 Å². The van der Waals surface area contributed by atoms with Gasteiger partial charge in [-0.15, -0.1) is 0 Å². The molecular formula is C12H21N3O. The Kier molecular flexibility index (Phi) is 3.96. The van der Waals surface area contributed by atoms with Crippen LogP contribution in [0.3, 0.4) is 0 Å². The molecule has 0 radical (unpaired) electrons. The third-order valence-corrected chi connectivity index (χ3v) is 3.11. The molecule has 0 bridgehead atoms. The van der Waals surface area contributed by atoms with Gasteiger partial charge in [-0.2, -0.15) is 0 Å². The van der Waals surface area contributed by atoms with Gasteiger partial charge in [0, 0.05) is 12.3 Å². The number of hydrogen-bond acceptors (Lipinski definition) is 3. The van der Waals surface area contributed by atoms with Crippen molar-refractivity contribution in [2.75, 3.05) is 13.2 Å². The molecule has 1 saturated heterocycles. The van der Waals surface area contributed by atoms with Crippen LogP contribution in [0.2, 0.25) is 0 Å². The molecule has 16 heavy (non-hydrogen) atoms. The van der Waals surface area contributed by atoms with E-state index in [9.17, 15) is 0 Å². The van der Waals surface area contributed by atoms with E-state index in [1.54, 1.807) is 0 Å². The first-order valence-electron chi connectivity index (χ1n) is 6.18. The smallest absolute Gasteiger partial charge is 0.135 e. The van der Waals surface area contributed by atoms with Gasteiger partial charge in [-0.1, -0.05) is 0 Å². The summed E-state index contributed by atoms with van der Waals surface area (Å²) in [4.78, 5) is 7.98. The zero-order valence-electron chi connectivity index (χ0n) is 9.96. The van der Waals surface area contributed by atoms with Crippen LogP contribution in [-0.2, 0) is 11.2 Å². The number of aromatic amines is 1. The lowest BCUT2D eigenvalue weighted by Crippen LogP contribution is -2.12. The number of H-pyrrole nitrogens is 1. The summed E-state index contributed by atoms with van der Waals surface area (Å²) in [5, 5.41) is 0. The fourth-order valence-corrected chi connectivity index (χ4v) is 2.14. The third-order valence-electron chi connectivity index (χ3n) is 3.11. The van der Waals surface area contributed by atoms with E-state index < -0.39 is 0 Å². The zero-order valence-corrected chi connectivity index (χ0v) is 9.96. The third kappa shape index (κ3) is 2.62. The highest BCUT2D eigenvalue weighted by Crippen LogP contribution is 2.26. The Balaban J connectivity index is 2.03. The number of nitrogens with one attached hydrogen (secondary N) is 1. The fourth-order valence-electron chi connectivity index (χ4n) is 2.14. The lowest BCUT2D eigenvalue weighted by atomic mass is 10.1. The molecule has 0 aromatic carbocycles. The van der Waals surface area contributed by atoms with E-state index in [-0.39, 0.29) is 6.10 Å². The molecule has 1 fully saturated rings. The summed E-state index contributed by atoms with van der Waals surface area (Å²) in [6, 6.07) is 0. The monoisotopic (exact) mass is 223 g/mol. The van der Waals surface area contributed by atoms with Crippen LogP contribution >= 0.6 is 0 Å². The molecule has 4 nitrogen and oxygen atoms in total. The molecule has 90 valence electrons. The predicted molar refractivity (Wildman–Crippen MR) is 63.2 cm³/mol. The maximum absolute atomic E-state index is 5.72. The first-order chi connectivity index (χ1) is 7.81. The molecule has 0 spiro atoms. The number of imidazole rings is 1. The first kappa shape index (κ1) is 11.6. The standard InChI is InChI=1S/C12H21N3O/c1-9-10(5-4-7-13)15-12(14-9)11-6-2-3-8-16-11/h11H,2-8,13H2,1H3,(H,14,15). The van der Waals surface area contributed by atoms with E-state index in [4.69, 9.17) is 10.5 Å². The van der Waals surface area contributed by atoms with Crippen molar-refractivity contribution >= 4 is 0 Å². The quantitative estimate of drug-likeness (QED) is 0.818. The van der Waals surface area contributed by atoms with Gasteiger partial charge in [-0.25, -0.2) is 4.98 Å². The van der Waals surface area contributed by atoms with Crippen molar-refractivity contribution in [3.8, 4) is 0 Å². The minimum Gasteiger partial charge on any atom is -0.370 e. The molecule has 1 aromatic heterocycles. The number of nitrogens with two attached hydrogens (primary N) is 1. The maximum atomic E-state index is 5.72. The average molecular weight is 223 g/mol. The largest absolute Gasteiger partial charge is 0.370 e. The van der Waals surface area contributed by atoms with Crippen LogP contribution in [0.1, 0.15) is 49.0 Å². The van der Waals surface area contributed by atoms with Crippen molar-refractivity contribution < 1.29 is 4.74 Å². The normalized spacial score (nSPS) is 21.2. The SMILES string of the molecule is Cc1[nH]c(C2CCCCO2)nc1CCCN. The minimum absolute atomic E-state index is 0.180. The summed E-state index contributed by atoms with van der Waals surface area (Å²) in [6.07, 6.45) is 5.64. The number of nitrogens with zero attached hydrogens (tertiary/aromatic N) is 1. The molecule has 1 aliphatic rings. The van der Waals surface area contributed by atoms with Gasteiger partial charge in [0.1, 0.15) is 11.9 Å². The molecule has 2 heterocycles. The second-order valence-electron chi connectivity index (χ2n) is 4.44. The van der Waals surface area contributed by atoms with Gasteiger partial charge in [-0.3, -0.25) is 0 Å². The van der Waals surface area contributed by atoms with E-state index in [1.165, 1.54) is 12.8 Å². The summed E-state index contributed by atoms with van der Waals surface area (Å²) in [5.41, 5.74) is 7.83. The van der Waals surface area contributed by atoms with Crippen molar-refractivity contribution in [1.82, 2.24) is 9.97 Å². The number of hydrogen-bond donors (Lipinski definition) is 2. The topological polar surface area (TPSA) is 63.9 Å². The number of aromatic nitrogens is 2. The molecule has 1 aromatic rings. The Morgan fingerprint density at radius 3 is 3.06 bits per heavy atom. The second-order valence-corrected chi connectivity index (χ2v) is 4.44. The van der Waals surface area contributed by atoms with Crippen LogP contribution in [-0.4, -0.2) is 23.1 Å². The summed E-state index contributed by atoms with van der Waals surface area (Å²) in [6.45, 7) is 3.66. The van der Waals surface area contributed by atoms with Crippen LogP contribution in [0.5, 0.6) is 0 Å². The van der Waals surface area contributed by atoms with Gasteiger partial charge < -0.3 is 15.5 Å². The fraction of sp³-hybridized carbons (Fsp3) is 0.750. The molecule has 1 unspecified atom stereocenters. The van der Waals surface area contributed by atoms with Crippen molar-refractivity contribution in [2.24, 2.45) is 5.73 Å². The Morgan fingerprint density at radius 2 is 2.38 bits per heavy atom. The highest BCUT2D eigenvalue weighted by atomic mass is 16.5. The summed E-state index contributed by atoms with van der Waals surface area (Å²) in [7, 11) is 0. The van der Waals surface area contributed by atoms with Gasteiger partial charge in [0.2, 0.25) is 0 Å². The maximum Gasteiger partial charge on any atom is 0.135 e. The second kappa shape index (κ2) is 5.46. The van der Waals surface area contributed by atoms with Crippen LogP contribution in [0.4, 0.5) is 0 Å². The van der Waals surface area contributed by atoms with Crippen molar-refractivity contribution in [3.63, 3.8) is 0 Å². The van der Waals surface area contributed by atoms with Gasteiger partial charge in [0.05, 0.1) is 5.69 Å². The Labute approximate surface area is 96.6 Å². The van der Waals surface area contributed by atoms with Gasteiger partial charge in [-0.05, 0) is 45.6 Å². The van der Waals surface area contributed by atoms with Crippen molar-refractivity contribution in [1.29, 1.82) is 0 Å². The molecule has 2 rings (SSSR count). The molecule has 3 N–H and O–H groups in total. The Morgan fingerprint density at radius 1 is 1.50 bits per heavy atom. The summed E-state index contributed by atoms with van der Waals surface area (Å²) < 4.78 is 5.72.